The lowest BCUT2D eigenvalue weighted by atomic mass is 10.2. The number of nitrogens with zero attached hydrogens (tertiary/aromatic N) is 4. The average Bonchev–Trinajstić information content (AvgIpc) is 2.84. The minimum Gasteiger partial charge on any atom is -0.367 e. The van der Waals surface area contributed by atoms with Gasteiger partial charge in [-0.3, -0.25) is 0 Å². The molecular weight excluding hydrogens is 286 g/mol. The predicted molar refractivity (Wildman–Crippen MR) is 94.2 cm³/mol. The molecule has 3 rings (SSSR count). The van der Waals surface area contributed by atoms with Crippen LogP contribution in [-0.2, 0) is 0 Å². The SMILES string of the molecule is CCC(C)Nc1nc(C)nc2c1c(C)nn2-c1ccc(C)cc1. The molecule has 2 heterocycles. The number of benzene rings is 1. The molecule has 0 radical (unpaired) electrons. The fourth-order valence-corrected chi connectivity index (χ4v) is 2.60. The first-order chi connectivity index (χ1) is 11.0. The van der Waals surface area contributed by atoms with Gasteiger partial charge < -0.3 is 5.32 Å². The molecule has 3 aromatic rings. The topological polar surface area (TPSA) is 55.6 Å². The van der Waals surface area contributed by atoms with Gasteiger partial charge in [0.15, 0.2) is 5.65 Å². The average molecular weight is 309 g/mol. The Labute approximate surface area is 136 Å². The Kier molecular flexibility index (Phi) is 4.03. The number of aryl methyl sites for hydroxylation is 3. The van der Waals surface area contributed by atoms with Gasteiger partial charge in [-0.05, 0) is 46.2 Å². The van der Waals surface area contributed by atoms with Crippen molar-refractivity contribution in [2.45, 2.75) is 47.1 Å². The van der Waals surface area contributed by atoms with Crippen molar-refractivity contribution in [2.75, 3.05) is 5.32 Å². The van der Waals surface area contributed by atoms with Crippen molar-refractivity contribution in [3.05, 3.63) is 41.3 Å². The Morgan fingerprint density at radius 2 is 1.78 bits per heavy atom. The van der Waals surface area contributed by atoms with E-state index in [9.17, 15) is 0 Å². The Morgan fingerprint density at radius 3 is 2.43 bits per heavy atom. The van der Waals surface area contributed by atoms with Crippen LogP contribution >= 0.6 is 0 Å². The largest absolute Gasteiger partial charge is 0.367 e. The van der Waals surface area contributed by atoms with Crippen LogP contribution in [0.25, 0.3) is 16.7 Å². The number of rotatable bonds is 4. The molecule has 0 aliphatic heterocycles. The summed E-state index contributed by atoms with van der Waals surface area (Å²) in [6, 6.07) is 8.67. The lowest BCUT2D eigenvalue weighted by molar-refractivity contribution is 0.759. The first kappa shape index (κ1) is 15.5. The zero-order valence-electron chi connectivity index (χ0n) is 14.4. The third-order valence-corrected chi connectivity index (χ3v) is 4.09. The zero-order valence-corrected chi connectivity index (χ0v) is 14.4. The van der Waals surface area contributed by atoms with Crippen LogP contribution in [0.4, 0.5) is 5.82 Å². The van der Waals surface area contributed by atoms with Crippen molar-refractivity contribution in [3.8, 4) is 5.69 Å². The molecule has 0 amide bonds. The molecule has 1 N–H and O–H groups in total. The standard InChI is InChI=1S/C18H23N5/c1-6-12(3)19-17-16-13(4)22-23(18(16)21-14(5)20-17)15-9-7-11(2)8-10-15/h7-10,12H,6H2,1-5H3,(H,19,20,21). The normalized spacial score (nSPS) is 12.6. The third kappa shape index (κ3) is 2.91. The predicted octanol–water partition coefficient (Wildman–Crippen LogP) is 3.95. The summed E-state index contributed by atoms with van der Waals surface area (Å²) in [7, 11) is 0. The van der Waals surface area contributed by atoms with Crippen LogP contribution < -0.4 is 5.32 Å². The van der Waals surface area contributed by atoms with Crippen molar-refractivity contribution in [1.82, 2.24) is 19.7 Å². The number of fused-ring (bicyclic) bond motifs is 1. The summed E-state index contributed by atoms with van der Waals surface area (Å²) in [5.41, 5.74) is 4.03. The van der Waals surface area contributed by atoms with E-state index in [4.69, 9.17) is 5.10 Å². The monoisotopic (exact) mass is 309 g/mol. The summed E-state index contributed by atoms with van der Waals surface area (Å²) < 4.78 is 1.90. The summed E-state index contributed by atoms with van der Waals surface area (Å²) in [5, 5.41) is 9.18. The maximum atomic E-state index is 4.70. The van der Waals surface area contributed by atoms with Gasteiger partial charge in [0.25, 0.3) is 0 Å². The van der Waals surface area contributed by atoms with Gasteiger partial charge in [-0.2, -0.15) is 5.10 Å². The van der Waals surface area contributed by atoms with Crippen LogP contribution in [0.3, 0.4) is 0 Å². The maximum Gasteiger partial charge on any atom is 0.168 e. The molecule has 0 saturated carbocycles. The highest BCUT2D eigenvalue weighted by Gasteiger charge is 2.17. The highest BCUT2D eigenvalue weighted by atomic mass is 15.3. The van der Waals surface area contributed by atoms with Crippen molar-refractivity contribution >= 4 is 16.9 Å². The number of nitrogens with one attached hydrogen (secondary N) is 1. The molecule has 1 atom stereocenters. The molecule has 120 valence electrons. The molecule has 0 saturated heterocycles. The van der Waals surface area contributed by atoms with Crippen LogP contribution in [0.2, 0.25) is 0 Å². The van der Waals surface area contributed by atoms with Gasteiger partial charge in [0.1, 0.15) is 11.6 Å². The van der Waals surface area contributed by atoms with E-state index in [1.807, 2.05) is 18.5 Å². The van der Waals surface area contributed by atoms with Crippen LogP contribution in [0.15, 0.2) is 24.3 Å². The summed E-state index contributed by atoms with van der Waals surface area (Å²) >= 11 is 0. The Balaban J connectivity index is 2.20. The fourth-order valence-electron chi connectivity index (χ4n) is 2.60. The molecule has 0 bridgehead atoms. The van der Waals surface area contributed by atoms with Gasteiger partial charge in [0.05, 0.1) is 16.8 Å². The summed E-state index contributed by atoms with van der Waals surface area (Å²) in [6.45, 7) is 10.3. The quantitative estimate of drug-likeness (QED) is 0.793. The lowest BCUT2D eigenvalue weighted by Gasteiger charge is -2.13. The Morgan fingerprint density at radius 1 is 1.09 bits per heavy atom. The summed E-state index contributed by atoms with van der Waals surface area (Å²) in [4.78, 5) is 9.23. The van der Waals surface area contributed by atoms with E-state index >= 15 is 0 Å². The molecule has 5 heteroatoms. The molecule has 0 aliphatic carbocycles. The molecule has 2 aromatic heterocycles. The summed E-state index contributed by atoms with van der Waals surface area (Å²) in [5.74, 6) is 1.62. The first-order valence-corrected chi connectivity index (χ1v) is 8.07. The van der Waals surface area contributed by atoms with Crippen molar-refractivity contribution in [1.29, 1.82) is 0 Å². The van der Waals surface area contributed by atoms with Crippen molar-refractivity contribution in [2.24, 2.45) is 0 Å². The smallest absolute Gasteiger partial charge is 0.168 e. The molecule has 23 heavy (non-hydrogen) atoms. The van der Waals surface area contributed by atoms with Crippen LogP contribution in [-0.4, -0.2) is 25.8 Å². The van der Waals surface area contributed by atoms with Gasteiger partial charge in [-0.1, -0.05) is 24.6 Å². The molecule has 1 unspecified atom stereocenters. The van der Waals surface area contributed by atoms with E-state index in [1.165, 1.54) is 5.56 Å². The highest BCUT2D eigenvalue weighted by Crippen LogP contribution is 2.27. The van der Waals surface area contributed by atoms with Gasteiger partial charge in [0, 0.05) is 6.04 Å². The van der Waals surface area contributed by atoms with E-state index in [2.05, 4.69) is 60.3 Å². The number of hydrogen-bond acceptors (Lipinski definition) is 4. The second-order valence-electron chi connectivity index (χ2n) is 6.10. The number of hydrogen-bond donors (Lipinski definition) is 1. The molecule has 5 nitrogen and oxygen atoms in total. The minimum absolute atomic E-state index is 0.356. The fraction of sp³-hybridized carbons (Fsp3) is 0.389. The maximum absolute atomic E-state index is 4.70. The second kappa shape index (κ2) is 5.99. The van der Waals surface area contributed by atoms with Gasteiger partial charge in [-0.25, -0.2) is 14.6 Å². The molecule has 1 aromatic carbocycles. The molecular formula is C18H23N5. The molecule has 0 fully saturated rings. The van der Waals surface area contributed by atoms with E-state index in [0.717, 1.165) is 40.5 Å². The van der Waals surface area contributed by atoms with E-state index in [0.29, 0.717) is 6.04 Å². The van der Waals surface area contributed by atoms with E-state index in [-0.39, 0.29) is 0 Å². The highest BCUT2D eigenvalue weighted by molar-refractivity contribution is 5.90. The third-order valence-electron chi connectivity index (χ3n) is 4.09. The van der Waals surface area contributed by atoms with E-state index < -0.39 is 0 Å². The van der Waals surface area contributed by atoms with Crippen LogP contribution in [0.5, 0.6) is 0 Å². The van der Waals surface area contributed by atoms with Crippen LogP contribution in [0, 0.1) is 20.8 Å². The van der Waals surface area contributed by atoms with Crippen molar-refractivity contribution in [3.63, 3.8) is 0 Å². The number of aromatic nitrogens is 4. The Hall–Kier alpha value is -2.43. The molecule has 0 spiro atoms. The Bertz CT molecular complexity index is 833. The van der Waals surface area contributed by atoms with Gasteiger partial charge in [0.2, 0.25) is 0 Å². The van der Waals surface area contributed by atoms with E-state index in [1.54, 1.807) is 0 Å². The number of anilines is 1. The second-order valence-corrected chi connectivity index (χ2v) is 6.10. The van der Waals surface area contributed by atoms with Gasteiger partial charge in [-0.15, -0.1) is 0 Å². The lowest BCUT2D eigenvalue weighted by Crippen LogP contribution is -2.15. The zero-order chi connectivity index (χ0) is 16.6. The minimum atomic E-state index is 0.356. The summed E-state index contributed by atoms with van der Waals surface area (Å²) in [6.07, 6.45) is 1.04. The van der Waals surface area contributed by atoms with Gasteiger partial charge >= 0.3 is 0 Å². The van der Waals surface area contributed by atoms with Crippen molar-refractivity contribution < 1.29 is 0 Å². The first-order valence-electron chi connectivity index (χ1n) is 8.07. The van der Waals surface area contributed by atoms with Crippen LogP contribution in [0.1, 0.15) is 37.4 Å². The molecule has 0 aliphatic rings.